The van der Waals surface area contributed by atoms with E-state index in [9.17, 15) is 9.59 Å². The third-order valence-corrected chi connectivity index (χ3v) is 2.77. The van der Waals surface area contributed by atoms with E-state index in [4.69, 9.17) is 0 Å². The maximum Gasteiger partial charge on any atom is 0.239 e. The number of amides is 1. The molecular formula is C12H16N2O2. The largest absolute Gasteiger partial charge is 0.354 e. The Labute approximate surface area is 94.6 Å². The molecule has 1 amide bonds. The lowest BCUT2D eigenvalue weighted by atomic mass is 10.2. The molecule has 0 saturated heterocycles. The second-order valence-corrected chi connectivity index (χ2v) is 4.38. The number of aromatic nitrogens is 1. The topological polar surface area (TPSA) is 51.1 Å². The molecule has 0 atom stereocenters. The molecule has 1 N–H and O–H groups in total. The first-order valence-electron chi connectivity index (χ1n) is 5.58. The summed E-state index contributed by atoms with van der Waals surface area (Å²) in [6.45, 7) is 2.60. The third kappa shape index (κ3) is 2.95. The van der Waals surface area contributed by atoms with Gasteiger partial charge in [0, 0.05) is 24.5 Å². The van der Waals surface area contributed by atoms with E-state index in [-0.39, 0.29) is 11.7 Å². The molecule has 0 spiro atoms. The fourth-order valence-electron chi connectivity index (χ4n) is 1.55. The Kier molecular flexibility index (Phi) is 3.08. The van der Waals surface area contributed by atoms with Crippen LogP contribution in [-0.4, -0.2) is 22.8 Å². The van der Waals surface area contributed by atoms with Crippen molar-refractivity contribution >= 4 is 11.7 Å². The molecule has 0 unspecified atom stereocenters. The average molecular weight is 220 g/mol. The van der Waals surface area contributed by atoms with Gasteiger partial charge in [0.05, 0.1) is 0 Å². The fourth-order valence-corrected chi connectivity index (χ4v) is 1.55. The van der Waals surface area contributed by atoms with Gasteiger partial charge in [-0.05, 0) is 31.7 Å². The summed E-state index contributed by atoms with van der Waals surface area (Å²) in [5.41, 5.74) is 0.648. The van der Waals surface area contributed by atoms with E-state index in [2.05, 4.69) is 5.32 Å². The highest BCUT2D eigenvalue weighted by Crippen LogP contribution is 2.27. The van der Waals surface area contributed by atoms with E-state index in [0.717, 1.165) is 6.54 Å². The number of Topliss-reactive ketones (excluding diaryl/α,β-unsaturated/α-hetero) is 1. The molecule has 1 aliphatic rings. The van der Waals surface area contributed by atoms with Crippen LogP contribution in [0.25, 0.3) is 0 Å². The van der Waals surface area contributed by atoms with Crippen molar-refractivity contribution in [2.75, 3.05) is 6.54 Å². The lowest BCUT2D eigenvalue weighted by Gasteiger charge is -2.04. The van der Waals surface area contributed by atoms with Gasteiger partial charge in [0.2, 0.25) is 5.91 Å². The highest BCUT2D eigenvalue weighted by molar-refractivity contribution is 5.93. The van der Waals surface area contributed by atoms with Crippen LogP contribution in [0, 0.1) is 5.92 Å². The van der Waals surface area contributed by atoms with Crippen LogP contribution < -0.4 is 5.32 Å². The molecule has 4 heteroatoms. The van der Waals surface area contributed by atoms with E-state index < -0.39 is 0 Å². The fraction of sp³-hybridized carbons (Fsp3) is 0.500. The smallest absolute Gasteiger partial charge is 0.239 e. The van der Waals surface area contributed by atoms with Gasteiger partial charge in [-0.1, -0.05) is 0 Å². The Balaban J connectivity index is 1.82. The van der Waals surface area contributed by atoms with Crippen molar-refractivity contribution in [3.8, 4) is 0 Å². The van der Waals surface area contributed by atoms with Crippen molar-refractivity contribution in [1.82, 2.24) is 9.88 Å². The summed E-state index contributed by atoms with van der Waals surface area (Å²) in [6, 6.07) is 1.73. The van der Waals surface area contributed by atoms with Crippen LogP contribution in [0.5, 0.6) is 0 Å². The third-order valence-electron chi connectivity index (χ3n) is 2.77. The van der Waals surface area contributed by atoms with Gasteiger partial charge in [0.1, 0.15) is 6.54 Å². The molecule has 4 nitrogen and oxygen atoms in total. The molecule has 1 fully saturated rings. The summed E-state index contributed by atoms with van der Waals surface area (Å²) in [7, 11) is 0. The van der Waals surface area contributed by atoms with E-state index in [1.54, 1.807) is 23.0 Å². The summed E-state index contributed by atoms with van der Waals surface area (Å²) in [6.07, 6.45) is 5.93. The Morgan fingerprint density at radius 3 is 2.81 bits per heavy atom. The van der Waals surface area contributed by atoms with E-state index in [1.807, 2.05) is 0 Å². The van der Waals surface area contributed by atoms with Crippen molar-refractivity contribution in [1.29, 1.82) is 0 Å². The van der Waals surface area contributed by atoms with Crippen molar-refractivity contribution in [2.45, 2.75) is 26.3 Å². The van der Waals surface area contributed by atoms with E-state index in [1.165, 1.54) is 19.8 Å². The molecule has 0 aliphatic heterocycles. The highest BCUT2D eigenvalue weighted by Gasteiger charge is 2.21. The quantitative estimate of drug-likeness (QED) is 0.758. The van der Waals surface area contributed by atoms with Crippen LogP contribution in [-0.2, 0) is 11.3 Å². The van der Waals surface area contributed by atoms with Gasteiger partial charge < -0.3 is 9.88 Å². The van der Waals surface area contributed by atoms with Crippen molar-refractivity contribution < 1.29 is 9.59 Å². The maximum absolute atomic E-state index is 11.5. The molecule has 1 aromatic rings. The van der Waals surface area contributed by atoms with Crippen LogP contribution in [0.3, 0.4) is 0 Å². The molecule has 0 radical (unpaired) electrons. The first-order valence-corrected chi connectivity index (χ1v) is 5.58. The predicted octanol–water partition coefficient (Wildman–Crippen LogP) is 1.22. The lowest BCUT2D eigenvalue weighted by molar-refractivity contribution is -0.121. The minimum atomic E-state index is 0.0117. The zero-order valence-corrected chi connectivity index (χ0v) is 9.40. The van der Waals surface area contributed by atoms with Gasteiger partial charge in [-0.15, -0.1) is 0 Å². The van der Waals surface area contributed by atoms with Gasteiger partial charge >= 0.3 is 0 Å². The Hall–Kier alpha value is -1.58. The molecule has 0 bridgehead atoms. The number of carbonyl (C=O) groups is 2. The molecule has 1 aliphatic carbocycles. The standard InChI is InChI=1S/C12H16N2O2/c1-9(15)11-4-5-14(7-11)8-12(16)13-6-10-2-3-10/h4-5,7,10H,2-3,6,8H2,1H3,(H,13,16). The van der Waals surface area contributed by atoms with Crippen LogP contribution >= 0.6 is 0 Å². The zero-order valence-electron chi connectivity index (χ0n) is 9.40. The average Bonchev–Trinajstić information content (AvgIpc) is 2.95. The molecule has 1 aromatic heterocycles. The van der Waals surface area contributed by atoms with Crippen LogP contribution in [0.2, 0.25) is 0 Å². The Morgan fingerprint density at radius 1 is 1.50 bits per heavy atom. The Morgan fingerprint density at radius 2 is 2.25 bits per heavy atom. The first-order chi connectivity index (χ1) is 7.65. The number of hydrogen-bond donors (Lipinski definition) is 1. The van der Waals surface area contributed by atoms with E-state index in [0.29, 0.717) is 18.0 Å². The zero-order chi connectivity index (χ0) is 11.5. The normalized spacial score (nSPS) is 14.8. The first kappa shape index (κ1) is 10.9. The van der Waals surface area contributed by atoms with Gasteiger partial charge in [0.25, 0.3) is 0 Å². The van der Waals surface area contributed by atoms with Gasteiger partial charge in [-0.25, -0.2) is 0 Å². The van der Waals surface area contributed by atoms with Crippen molar-refractivity contribution in [2.24, 2.45) is 5.92 Å². The highest BCUT2D eigenvalue weighted by atomic mass is 16.2. The minimum Gasteiger partial charge on any atom is -0.354 e. The van der Waals surface area contributed by atoms with Crippen LogP contribution in [0.1, 0.15) is 30.1 Å². The number of nitrogens with one attached hydrogen (secondary N) is 1. The monoisotopic (exact) mass is 220 g/mol. The number of hydrogen-bond acceptors (Lipinski definition) is 2. The molecular weight excluding hydrogens is 204 g/mol. The molecule has 2 rings (SSSR count). The summed E-state index contributed by atoms with van der Waals surface area (Å²) in [4.78, 5) is 22.6. The molecule has 86 valence electrons. The second kappa shape index (κ2) is 4.51. The minimum absolute atomic E-state index is 0.0117. The lowest BCUT2D eigenvalue weighted by Crippen LogP contribution is -2.28. The molecule has 1 saturated carbocycles. The molecule has 1 heterocycles. The molecule has 0 aromatic carbocycles. The molecule has 16 heavy (non-hydrogen) atoms. The maximum atomic E-state index is 11.5. The van der Waals surface area contributed by atoms with Crippen molar-refractivity contribution in [3.63, 3.8) is 0 Å². The van der Waals surface area contributed by atoms with Gasteiger partial charge in [-0.3, -0.25) is 9.59 Å². The number of carbonyl (C=O) groups excluding carboxylic acids is 2. The number of nitrogens with zero attached hydrogens (tertiary/aromatic N) is 1. The van der Waals surface area contributed by atoms with Gasteiger partial charge in [0.15, 0.2) is 5.78 Å². The summed E-state index contributed by atoms with van der Waals surface area (Å²) in [5.74, 6) is 0.733. The van der Waals surface area contributed by atoms with Crippen molar-refractivity contribution in [3.05, 3.63) is 24.0 Å². The Bertz CT molecular complexity index is 405. The summed E-state index contributed by atoms with van der Waals surface area (Å²) < 4.78 is 1.74. The SMILES string of the molecule is CC(=O)c1ccn(CC(=O)NCC2CC2)c1. The predicted molar refractivity (Wildman–Crippen MR) is 60.2 cm³/mol. The summed E-state index contributed by atoms with van der Waals surface area (Å²) >= 11 is 0. The summed E-state index contributed by atoms with van der Waals surface area (Å²) in [5, 5.41) is 2.89. The van der Waals surface area contributed by atoms with Crippen LogP contribution in [0.15, 0.2) is 18.5 Å². The van der Waals surface area contributed by atoms with Gasteiger partial charge in [-0.2, -0.15) is 0 Å². The van der Waals surface area contributed by atoms with Crippen LogP contribution in [0.4, 0.5) is 0 Å². The number of ketones is 1. The number of rotatable bonds is 5. The second-order valence-electron chi connectivity index (χ2n) is 4.38. The van der Waals surface area contributed by atoms with E-state index >= 15 is 0 Å².